The zero-order valence-electron chi connectivity index (χ0n) is 10.2. The zero-order valence-corrected chi connectivity index (χ0v) is 11.8. The van der Waals surface area contributed by atoms with Gasteiger partial charge in [0.2, 0.25) is 10.0 Å². The molecule has 0 fully saturated rings. The minimum atomic E-state index is -3.14. The van der Waals surface area contributed by atoms with E-state index in [9.17, 15) is 8.42 Å². The lowest BCUT2D eigenvalue weighted by Crippen LogP contribution is -2.40. The monoisotopic (exact) mass is 261 g/mol. The normalized spacial score (nSPS) is 14.6. The summed E-state index contributed by atoms with van der Waals surface area (Å²) in [6.07, 6.45) is 0.778. The standard InChI is InChI=1S/C11H19NO2S2/c1-9(2)16(13,14)12(4)10(3)8-11-6-5-7-15-11/h5-7,9-10H,8H2,1-4H3. The van der Waals surface area contributed by atoms with Gasteiger partial charge in [0.05, 0.1) is 5.25 Å². The van der Waals surface area contributed by atoms with Crippen molar-refractivity contribution in [2.45, 2.75) is 38.5 Å². The van der Waals surface area contributed by atoms with Crippen molar-refractivity contribution in [3.63, 3.8) is 0 Å². The number of hydrogen-bond donors (Lipinski definition) is 0. The smallest absolute Gasteiger partial charge is 0.212 e. The average molecular weight is 261 g/mol. The van der Waals surface area contributed by atoms with E-state index in [1.807, 2.05) is 24.4 Å². The van der Waals surface area contributed by atoms with E-state index < -0.39 is 10.0 Å². The fourth-order valence-corrected chi connectivity index (χ4v) is 3.50. The molecule has 0 bridgehead atoms. The summed E-state index contributed by atoms with van der Waals surface area (Å²) < 4.78 is 25.3. The van der Waals surface area contributed by atoms with E-state index in [0.29, 0.717) is 0 Å². The molecule has 16 heavy (non-hydrogen) atoms. The molecule has 1 rings (SSSR count). The lowest BCUT2D eigenvalue weighted by molar-refractivity contribution is 0.384. The summed E-state index contributed by atoms with van der Waals surface area (Å²) in [5, 5.41) is 1.65. The molecule has 0 aromatic carbocycles. The van der Waals surface area contributed by atoms with Crippen LogP contribution < -0.4 is 0 Å². The van der Waals surface area contributed by atoms with E-state index >= 15 is 0 Å². The second-order valence-electron chi connectivity index (χ2n) is 4.24. The summed E-state index contributed by atoms with van der Waals surface area (Å²) >= 11 is 1.67. The fraction of sp³-hybridized carbons (Fsp3) is 0.636. The van der Waals surface area contributed by atoms with Crippen LogP contribution in [0.1, 0.15) is 25.6 Å². The van der Waals surface area contributed by atoms with Gasteiger partial charge in [0.1, 0.15) is 0 Å². The molecule has 1 unspecified atom stereocenters. The first-order valence-corrected chi connectivity index (χ1v) is 7.73. The third kappa shape index (κ3) is 3.06. The molecule has 0 aliphatic rings. The predicted octanol–water partition coefficient (Wildman–Crippen LogP) is 2.35. The largest absolute Gasteiger partial charge is 0.216 e. The van der Waals surface area contributed by atoms with Crippen molar-refractivity contribution in [1.82, 2.24) is 4.31 Å². The molecule has 0 aliphatic carbocycles. The molecule has 0 aliphatic heterocycles. The summed E-state index contributed by atoms with van der Waals surface area (Å²) in [6.45, 7) is 5.37. The third-order valence-corrected chi connectivity index (χ3v) is 5.95. The Balaban J connectivity index is 2.71. The summed E-state index contributed by atoms with van der Waals surface area (Å²) in [5.41, 5.74) is 0. The maximum atomic E-state index is 11.9. The maximum Gasteiger partial charge on any atom is 0.216 e. The Labute approximate surface area is 102 Å². The van der Waals surface area contributed by atoms with Gasteiger partial charge >= 0.3 is 0 Å². The molecule has 1 aromatic rings. The lowest BCUT2D eigenvalue weighted by Gasteiger charge is -2.25. The quantitative estimate of drug-likeness (QED) is 0.816. The molecule has 1 aromatic heterocycles. The molecular formula is C11H19NO2S2. The van der Waals surface area contributed by atoms with E-state index in [2.05, 4.69) is 0 Å². The highest BCUT2D eigenvalue weighted by Gasteiger charge is 2.26. The second kappa shape index (κ2) is 5.29. The zero-order chi connectivity index (χ0) is 12.3. The fourth-order valence-electron chi connectivity index (χ4n) is 1.43. The highest BCUT2D eigenvalue weighted by molar-refractivity contribution is 7.89. The number of hydrogen-bond acceptors (Lipinski definition) is 3. The summed E-state index contributed by atoms with van der Waals surface area (Å²) in [5.74, 6) is 0. The molecule has 5 heteroatoms. The van der Waals surface area contributed by atoms with Crippen LogP contribution >= 0.6 is 11.3 Å². The molecule has 0 radical (unpaired) electrons. The molecule has 0 N–H and O–H groups in total. The average Bonchev–Trinajstić information content (AvgIpc) is 2.68. The number of thiophene rings is 1. The summed E-state index contributed by atoms with van der Waals surface area (Å²) in [6, 6.07) is 4.03. The third-order valence-electron chi connectivity index (χ3n) is 2.69. The van der Waals surface area contributed by atoms with Gasteiger partial charge in [-0.3, -0.25) is 0 Å². The van der Waals surface area contributed by atoms with Gasteiger partial charge in [0, 0.05) is 18.0 Å². The van der Waals surface area contributed by atoms with Gasteiger partial charge in [-0.1, -0.05) is 6.07 Å². The number of rotatable bonds is 5. The van der Waals surface area contributed by atoms with Gasteiger partial charge in [-0.25, -0.2) is 12.7 Å². The predicted molar refractivity (Wildman–Crippen MR) is 69.3 cm³/mol. The first-order chi connectivity index (χ1) is 7.35. The summed E-state index contributed by atoms with van der Waals surface area (Å²) in [7, 11) is -1.48. The van der Waals surface area contributed by atoms with Crippen LogP contribution in [0.25, 0.3) is 0 Å². The topological polar surface area (TPSA) is 37.4 Å². The highest BCUT2D eigenvalue weighted by Crippen LogP contribution is 2.17. The van der Waals surface area contributed by atoms with E-state index in [4.69, 9.17) is 0 Å². The van der Waals surface area contributed by atoms with Crippen molar-refractivity contribution in [3.8, 4) is 0 Å². The number of sulfonamides is 1. The van der Waals surface area contributed by atoms with Crippen LogP contribution in [0.4, 0.5) is 0 Å². The van der Waals surface area contributed by atoms with E-state index in [1.54, 1.807) is 32.2 Å². The lowest BCUT2D eigenvalue weighted by atomic mass is 10.2. The van der Waals surface area contributed by atoms with Crippen LogP contribution in [0.15, 0.2) is 17.5 Å². The number of likely N-dealkylation sites (N-methyl/N-ethyl adjacent to an activating group) is 1. The van der Waals surface area contributed by atoms with Crippen molar-refractivity contribution in [1.29, 1.82) is 0 Å². The molecular weight excluding hydrogens is 242 g/mol. The highest BCUT2D eigenvalue weighted by atomic mass is 32.2. The van der Waals surface area contributed by atoms with Crippen LogP contribution in [-0.4, -0.2) is 31.1 Å². The first-order valence-electron chi connectivity index (χ1n) is 5.35. The Morgan fingerprint density at radius 1 is 1.38 bits per heavy atom. The Morgan fingerprint density at radius 3 is 2.44 bits per heavy atom. The SMILES string of the molecule is CC(Cc1cccs1)N(C)S(=O)(=O)C(C)C. The minimum absolute atomic E-state index is 0.00560. The van der Waals surface area contributed by atoms with Crippen molar-refractivity contribution in [2.24, 2.45) is 0 Å². The van der Waals surface area contributed by atoms with Crippen LogP contribution in [0, 0.1) is 0 Å². The van der Waals surface area contributed by atoms with Crippen molar-refractivity contribution < 1.29 is 8.42 Å². The van der Waals surface area contributed by atoms with Crippen LogP contribution in [0.3, 0.4) is 0 Å². The van der Waals surface area contributed by atoms with Gasteiger partial charge in [0.15, 0.2) is 0 Å². The van der Waals surface area contributed by atoms with E-state index in [-0.39, 0.29) is 11.3 Å². The summed E-state index contributed by atoms with van der Waals surface area (Å²) in [4.78, 5) is 1.22. The van der Waals surface area contributed by atoms with Crippen molar-refractivity contribution in [2.75, 3.05) is 7.05 Å². The maximum absolute atomic E-state index is 11.9. The van der Waals surface area contributed by atoms with Gasteiger partial charge in [-0.05, 0) is 38.6 Å². The Bertz CT molecular complexity index is 409. The molecule has 0 spiro atoms. The van der Waals surface area contributed by atoms with Crippen molar-refractivity contribution >= 4 is 21.4 Å². The van der Waals surface area contributed by atoms with Crippen molar-refractivity contribution in [3.05, 3.63) is 22.4 Å². The molecule has 92 valence electrons. The molecule has 1 heterocycles. The van der Waals surface area contributed by atoms with E-state index in [0.717, 1.165) is 6.42 Å². The molecule has 0 amide bonds. The van der Waals surface area contributed by atoms with Gasteiger partial charge in [-0.2, -0.15) is 0 Å². The Morgan fingerprint density at radius 2 is 2.00 bits per heavy atom. The van der Waals surface area contributed by atoms with Gasteiger partial charge in [-0.15, -0.1) is 11.3 Å². The van der Waals surface area contributed by atoms with Gasteiger partial charge in [0.25, 0.3) is 0 Å². The molecule has 1 atom stereocenters. The van der Waals surface area contributed by atoms with Crippen LogP contribution in [0.2, 0.25) is 0 Å². The Kier molecular flexibility index (Phi) is 4.52. The Hall–Kier alpha value is -0.390. The van der Waals surface area contributed by atoms with Gasteiger partial charge < -0.3 is 0 Å². The molecule has 0 saturated heterocycles. The molecule has 3 nitrogen and oxygen atoms in total. The molecule has 0 saturated carbocycles. The van der Waals surface area contributed by atoms with E-state index in [1.165, 1.54) is 9.18 Å². The van der Waals surface area contributed by atoms with Crippen LogP contribution in [0.5, 0.6) is 0 Å². The first kappa shape index (κ1) is 13.7. The number of nitrogens with zero attached hydrogens (tertiary/aromatic N) is 1. The minimum Gasteiger partial charge on any atom is -0.212 e. The second-order valence-corrected chi connectivity index (χ2v) is 7.82. The van der Waals surface area contributed by atoms with Crippen LogP contribution in [-0.2, 0) is 16.4 Å².